The van der Waals surface area contributed by atoms with Crippen LogP contribution in [0.1, 0.15) is 30.0 Å². The lowest BCUT2D eigenvalue weighted by molar-refractivity contribution is 0.0889. The van der Waals surface area contributed by atoms with Crippen molar-refractivity contribution in [2.24, 2.45) is 5.92 Å². The number of furan rings is 1. The van der Waals surface area contributed by atoms with Crippen LogP contribution in [0.15, 0.2) is 53.1 Å². The van der Waals surface area contributed by atoms with E-state index < -0.39 is 0 Å². The minimum atomic E-state index is -0.0210. The summed E-state index contributed by atoms with van der Waals surface area (Å²) in [5.74, 6) is 1.11. The smallest absolute Gasteiger partial charge is 0.166 e. The van der Waals surface area contributed by atoms with E-state index in [0.717, 1.165) is 31.0 Å². The van der Waals surface area contributed by atoms with Gasteiger partial charge in [-0.25, -0.2) is 0 Å². The van der Waals surface area contributed by atoms with Crippen LogP contribution >= 0.6 is 0 Å². The lowest BCUT2D eigenvalue weighted by Gasteiger charge is -2.22. The molecule has 0 spiro atoms. The second-order valence-electron chi connectivity index (χ2n) is 5.04. The molecule has 0 aliphatic carbocycles. The van der Waals surface area contributed by atoms with Gasteiger partial charge in [-0.2, -0.15) is 0 Å². The lowest BCUT2D eigenvalue weighted by atomic mass is 9.99. The first-order valence-corrected chi connectivity index (χ1v) is 7.04. The number of hydrogen-bond acceptors (Lipinski definition) is 3. The van der Waals surface area contributed by atoms with Gasteiger partial charge in [-0.05, 0) is 18.7 Å². The SMILES string of the molecule is CCN(Cc1ccco1)CC(C)C(=O)c1ccccc1. The third kappa shape index (κ3) is 3.81. The van der Waals surface area contributed by atoms with Crippen LogP contribution in [0.25, 0.3) is 0 Å². The van der Waals surface area contributed by atoms with E-state index in [1.165, 1.54) is 0 Å². The van der Waals surface area contributed by atoms with E-state index in [2.05, 4.69) is 11.8 Å². The summed E-state index contributed by atoms with van der Waals surface area (Å²) in [7, 11) is 0. The van der Waals surface area contributed by atoms with Crippen LogP contribution in [-0.4, -0.2) is 23.8 Å². The molecule has 1 aromatic carbocycles. The van der Waals surface area contributed by atoms with Crippen LogP contribution in [-0.2, 0) is 6.54 Å². The molecule has 3 nitrogen and oxygen atoms in total. The van der Waals surface area contributed by atoms with E-state index in [9.17, 15) is 4.79 Å². The number of ketones is 1. The molecule has 0 amide bonds. The molecule has 0 radical (unpaired) electrons. The van der Waals surface area contributed by atoms with Gasteiger partial charge in [0.05, 0.1) is 12.8 Å². The van der Waals surface area contributed by atoms with Crippen molar-refractivity contribution in [3.8, 4) is 0 Å². The summed E-state index contributed by atoms with van der Waals surface area (Å²) >= 11 is 0. The highest BCUT2D eigenvalue weighted by molar-refractivity contribution is 5.97. The first kappa shape index (κ1) is 14.5. The standard InChI is InChI=1S/C17H21NO2/c1-3-18(13-16-10-7-11-20-16)12-14(2)17(19)15-8-5-4-6-9-15/h4-11,14H,3,12-13H2,1-2H3. The van der Waals surface area contributed by atoms with Crippen molar-refractivity contribution in [3.05, 3.63) is 60.1 Å². The molecule has 0 saturated carbocycles. The summed E-state index contributed by atoms with van der Waals surface area (Å²) in [5.41, 5.74) is 0.786. The summed E-state index contributed by atoms with van der Waals surface area (Å²) in [4.78, 5) is 14.6. The monoisotopic (exact) mass is 271 g/mol. The van der Waals surface area contributed by atoms with Gasteiger partial charge in [-0.15, -0.1) is 0 Å². The molecule has 0 aliphatic heterocycles. The predicted octanol–water partition coefficient (Wildman–Crippen LogP) is 3.62. The van der Waals surface area contributed by atoms with Gasteiger partial charge in [0.25, 0.3) is 0 Å². The van der Waals surface area contributed by atoms with Crippen LogP contribution in [0.5, 0.6) is 0 Å². The van der Waals surface area contributed by atoms with Crippen molar-refractivity contribution in [1.29, 1.82) is 0 Å². The molecule has 1 heterocycles. The van der Waals surface area contributed by atoms with Gasteiger partial charge >= 0.3 is 0 Å². The van der Waals surface area contributed by atoms with Gasteiger partial charge in [-0.3, -0.25) is 9.69 Å². The summed E-state index contributed by atoms with van der Waals surface area (Å²) in [6.07, 6.45) is 1.68. The molecule has 0 fully saturated rings. The molecule has 20 heavy (non-hydrogen) atoms. The summed E-state index contributed by atoms with van der Waals surface area (Å²) in [5, 5.41) is 0. The molecule has 1 unspecified atom stereocenters. The molecule has 106 valence electrons. The Morgan fingerprint density at radius 1 is 1.20 bits per heavy atom. The Morgan fingerprint density at radius 2 is 1.95 bits per heavy atom. The van der Waals surface area contributed by atoms with Crippen LogP contribution in [0.2, 0.25) is 0 Å². The summed E-state index contributed by atoms with van der Waals surface area (Å²) < 4.78 is 5.37. The van der Waals surface area contributed by atoms with Crippen LogP contribution < -0.4 is 0 Å². The van der Waals surface area contributed by atoms with E-state index >= 15 is 0 Å². The van der Waals surface area contributed by atoms with Gasteiger partial charge in [-0.1, -0.05) is 44.2 Å². The number of hydrogen-bond donors (Lipinski definition) is 0. The second kappa shape index (κ2) is 7.06. The van der Waals surface area contributed by atoms with Crippen LogP contribution in [0.3, 0.4) is 0 Å². The molecule has 3 heteroatoms. The van der Waals surface area contributed by atoms with Crippen molar-refractivity contribution in [2.45, 2.75) is 20.4 Å². The first-order chi connectivity index (χ1) is 9.70. The molecule has 1 atom stereocenters. The number of rotatable bonds is 7. The fourth-order valence-electron chi connectivity index (χ4n) is 2.29. The van der Waals surface area contributed by atoms with E-state index in [-0.39, 0.29) is 11.7 Å². The Hall–Kier alpha value is -1.87. The number of benzene rings is 1. The molecule has 1 aromatic heterocycles. The van der Waals surface area contributed by atoms with Gasteiger partial charge in [0.1, 0.15) is 5.76 Å². The Balaban J connectivity index is 1.95. The highest BCUT2D eigenvalue weighted by atomic mass is 16.3. The highest BCUT2D eigenvalue weighted by Crippen LogP contribution is 2.12. The Kier molecular flexibility index (Phi) is 5.13. The first-order valence-electron chi connectivity index (χ1n) is 7.04. The van der Waals surface area contributed by atoms with E-state index in [1.54, 1.807) is 6.26 Å². The average molecular weight is 271 g/mol. The van der Waals surface area contributed by atoms with Crippen molar-refractivity contribution in [3.63, 3.8) is 0 Å². The molecule has 0 aliphatic rings. The predicted molar refractivity (Wildman–Crippen MR) is 79.6 cm³/mol. The Bertz CT molecular complexity index is 519. The largest absolute Gasteiger partial charge is 0.468 e. The number of carbonyl (C=O) groups excluding carboxylic acids is 1. The Morgan fingerprint density at radius 3 is 2.55 bits per heavy atom. The van der Waals surface area contributed by atoms with Crippen LogP contribution in [0.4, 0.5) is 0 Å². The minimum Gasteiger partial charge on any atom is -0.468 e. The van der Waals surface area contributed by atoms with E-state index in [0.29, 0.717) is 0 Å². The van der Waals surface area contributed by atoms with Crippen LogP contribution in [0, 0.1) is 5.92 Å². The molecule has 2 rings (SSSR count). The van der Waals surface area contributed by atoms with Gasteiger partial charge in [0.2, 0.25) is 0 Å². The Labute approximate surface area is 120 Å². The summed E-state index contributed by atoms with van der Waals surface area (Å²) in [6.45, 7) is 6.47. The fourth-order valence-corrected chi connectivity index (χ4v) is 2.29. The van der Waals surface area contributed by atoms with Gasteiger partial charge in [0, 0.05) is 18.0 Å². The maximum Gasteiger partial charge on any atom is 0.166 e. The van der Waals surface area contributed by atoms with Crippen molar-refractivity contribution in [2.75, 3.05) is 13.1 Å². The molecule has 0 N–H and O–H groups in total. The van der Waals surface area contributed by atoms with Crippen molar-refractivity contribution in [1.82, 2.24) is 4.90 Å². The van der Waals surface area contributed by atoms with Gasteiger partial charge in [0.15, 0.2) is 5.78 Å². The maximum absolute atomic E-state index is 12.3. The molecule has 0 saturated heterocycles. The number of nitrogens with zero attached hydrogens (tertiary/aromatic N) is 1. The second-order valence-corrected chi connectivity index (χ2v) is 5.04. The zero-order valence-electron chi connectivity index (χ0n) is 12.1. The fraction of sp³-hybridized carbons (Fsp3) is 0.353. The summed E-state index contributed by atoms with van der Waals surface area (Å²) in [6, 6.07) is 13.3. The number of Topliss-reactive ketones (excluding diaryl/α,β-unsaturated/α-hetero) is 1. The quantitative estimate of drug-likeness (QED) is 0.721. The lowest BCUT2D eigenvalue weighted by Crippen LogP contribution is -2.31. The topological polar surface area (TPSA) is 33.5 Å². The average Bonchev–Trinajstić information content (AvgIpc) is 2.99. The zero-order valence-corrected chi connectivity index (χ0v) is 12.1. The molecular weight excluding hydrogens is 250 g/mol. The highest BCUT2D eigenvalue weighted by Gasteiger charge is 2.18. The molecule has 2 aromatic rings. The zero-order chi connectivity index (χ0) is 14.4. The number of carbonyl (C=O) groups is 1. The normalized spacial score (nSPS) is 12.6. The molecule has 0 bridgehead atoms. The third-order valence-corrected chi connectivity index (χ3v) is 3.44. The third-order valence-electron chi connectivity index (χ3n) is 3.44. The molecular formula is C17H21NO2. The minimum absolute atomic E-state index is 0.0210. The van der Waals surface area contributed by atoms with Crippen molar-refractivity contribution >= 4 is 5.78 Å². The van der Waals surface area contributed by atoms with Gasteiger partial charge < -0.3 is 4.42 Å². The van der Waals surface area contributed by atoms with Crippen molar-refractivity contribution < 1.29 is 9.21 Å². The van der Waals surface area contributed by atoms with E-state index in [4.69, 9.17) is 4.42 Å². The maximum atomic E-state index is 12.3. The van der Waals surface area contributed by atoms with E-state index in [1.807, 2.05) is 49.4 Å².